The quantitative estimate of drug-likeness (QED) is 0.811. The summed E-state index contributed by atoms with van der Waals surface area (Å²) < 4.78 is 20.5. The van der Waals surface area contributed by atoms with Crippen molar-refractivity contribution >= 4 is 11.9 Å². The van der Waals surface area contributed by atoms with E-state index in [0.29, 0.717) is 18.1 Å². The number of anilines is 1. The van der Waals surface area contributed by atoms with Gasteiger partial charge in [0.05, 0.1) is 0 Å². The van der Waals surface area contributed by atoms with Gasteiger partial charge in [0, 0.05) is 20.1 Å². The second kappa shape index (κ2) is 7.24. The van der Waals surface area contributed by atoms with Crippen LogP contribution < -0.4 is 10.6 Å². The Labute approximate surface area is 139 Å². The largest absolute Gasteiger partial charge is 0.444 e. The molecular weight excluding hydrogens is 315 g/mol. The monoisotopic (exact) mass is 336 g/mol. The SMILES string of the molecule is Cn1cnc(-c2ccc(F)c(NCCNC(=O)OC(C)(C)C)n2)n1. The highest BCUT2D eigenvalue weighted by atomic mass is 19.1. The molecule has 0 saturated heterocycles. The Morgan fingerprint density at radius 1 is 1.33 bits per heavy atom. The van der Waals surface area contributed by atoms with Crippen LogP contribution in [0.4, 0.5) is 15.0 Å². The molecule has 0 aromatic carbocycles. The second-order valence-corrected chi connectivity index (χ2v) is 6.12. The Morgan fingerprint density at radius 2 is 2.08 bits per heavy atom. The van der Waals surface area contributed by atoms with Gasteiger partial charge in [0.1, 0.15) is 17.6 Å². The number of aryl methyl sites for hydroxylation is 1. The minimum Gasteiger partial charge on any atom is -0.444 e. The standard InChI is InChI=1S/C15H21FN6O2/c1-15(2,3)24-14(23)18-8-7-17-12-10(16)5-6-11(20-12)13-19-9-22(4)21-13/h5-6,9H,7-8H2,1-4H3,(H,17,20)(H,18,23). The molecule has 2 aromatic rings. The Morgan fingerprint density at radius 3 is 2.71 bits per heavy atom. The van der Waals surface area contributed by atoms with Gasteiger partial charge in [-0.05, 0) is 32.9 Å². The van der Waals surface area contributed by atoms with Crippen molar-refractivity contribution in [2.75, 3.05) is 18.4 Å². The first kappa shape index (κ1) is 17.6. The van der Waals surface area contributed by atoms with Crippen LogP contribution in [-0.4, -0.2) is 44.5 Å². The van der Waals surface area contributed by atoms with Crippen molar-refractivity contribution in [1.29, 1.82) is 0 Å². The predicted molar refractivity (Wildman–Crippen MR) is 86.9 cm³/mol. The van der Waals surface area contributed by atoms with Crippen LogP contribution in [0.15, 0.2) is 18.5 Å². The van der Waals surface area contributed by atoms with Crippen LogP contribution in [0.3, 0.4) is 0 Å². The molecule has 0 unspecified atom stereocenters. The minimum atomic E-state index is -0.560. The third kappa shape index (κ3) is 5.18. The van der Waals surface area contributed by atoms with Crippen molar-refractivity contribution < 1.29 is 13.9 Å². The van der Waals surface area contributed by atoms with E-state index in [0.717, 1.165) is 0 Å². The number of pyridine rings is 1. The summed E-state index contributed by atoms with van der Waals surface area (Å²) in [5.41, 5.74) is -0.102. The molecule has 0 aliphatic heterocycles. The molecule has 0 spiro atoms. The number of carbonyl (C=O) groups excluding carboxylic acids is 1. The van der Waals surface area contributed by atoms with Gasteiger partial charge < -0.3 is 15.4 Å². The van der Waals surface area contributed by atoms with Crippen molar-refractivity contribution in [3.63, 3.8) is 0 Å². The molecule has 0 saturated carbocycles. The number of amides is 1. The van der Waals surface area contributed by atoms with Crippen molar-refractivity contribution in [2.24, 2.45) is 7.05 Å². The van der Waals surface area contributed by atoms with Crippen molar-refractivity contribution in [3.8, 4) is 11.5 Å². The fourth-order valence-corrected chi connectivity index (χ4v) is 1.81. The molecule has 2 N–H and O–H groups in total. The van der Waals surface area contributed by atoms with Crippen molar-refractivity contribution in [3.05, 3.63) is 24.3 Å². The van der Waals surface area contributed by atoms with Crippen LogP contribution in [0.1, 0.15) is 20.8 Å². The molecule has 2 rings (SSSR count). The highest BCUT2D eigenvalue weighted by molar-refractivity contribution is 5.67. The molecular formula is C15H21FN6O2. The molecule has 2 heterocycles. The highest BCUT2D eigenvalue weighted by Gasteiger charge is 2.15. The molecule has 24 heavy (non-hydrogen) atoms. The molecule has 0 aliphatic rings. The van der Waals surface area contributed by atoms with E-state index in [2.05, 4.69) is 25.7 Å². The van der Waals surface area contributed by atoms with Crippen LogP contribution in [-0.2, 0) is 11.8 Å². The molecule has 0 fully saturated rings. The number of rotatable bonds is 5. The molecule has 130 valence electrons. The minimum absolute atomic E-state index is 0.0749. The van der Waals surface area contributed by atoms with E-state index in [1.807, 2.05) is 0 Å². The first-order valence-electron chi connectivity index (χ1n) is 7.48. The number of nitrogens with zero attached hydrogens (tertiary/aromatic N) is 4. The van der Waals surface area contributed by atoms with E-state index in [4.69, 9.17) is 4.74 Å². The topological polar surface area (TPSA) is 94.0 Å². The zero-order valence-electron chi connectivity index (χ0n) is 14.1. The molecule has 9 heteroatoms. The maximum absolute atomic E-state index is 13.8. The van der Waals surface area contributed by atoms with Gasteiger partial charge in [0.15, 0.2) is 17.5 Å². The molecule has 0 bridgehead atoms. The summed E-state index contributed by atoms with van der Waals surface area (Å²) >= 11 is 0. The fraction of sp³-hybridized carbons (Fsp3) is 0.467. The van der Waals surface area contributed by atoms with Gasteiger partial charge in [-0.3, -0.25) is 4.68 Å². The van der Waals surface area contributed by atoms with Gasteiger partial charge in [-0.25, -0.2) is 19.2 Å². The lowest BCUT2D eigenvalue weighted by Gasteiger charge is -2.19. The van der Waals surface area contributed by atoms with E-state index in [1.165, 1.54) is 23.1 Å². The molecule has 8 nitrogen and oxygen atoms in total. The van der Waals surface area contributed by atoms with Gasteiger partial charge >= 0.3 is 6.09 Å². The van der Waals surface area contributed by atoms with E-state index >= 15 is 0 Å². The summed E-state index contributed by atoms with van der Waals surface area (Å²) in [6, 6.07) is 2.80. The van der Waals surface area contributed by atoms with Crippen LogP contribution in [0, 0.1) is 5.82 Å². The average molecular weight is 336 g/mol. The zero-order chi connectivity index (χ0) is 17.7. The molecule has 1 amide bonds. The van der Waals surface area contributed by atoms with Gasteiger partial charge in [-0.2, -0.15) is 0 Å². The molecule has 0 atom stereocenters. The smallest absolute Gasteiger partial charge is 0.407 e. The predicted octanol–water partition coefficient (Wildman–Crippen LogP) is 1.95. The third-order valence-electron chi connectivity index (χ3n) is 2.76. The molecule has 0 radical (unpaired) electrons. The van der Waals surface area contributed by atoms with Crippen LogP contribution in [0.5, 0.6) is 0 Å². The fourth-order valence-electron chi connectivity index (χ4n) is 1.81. The number of hydrogen-bond acceptors (Lipinski definition) is 6. The Bertz CT molecular complexity index is 710. The van der Waals surface area contributed by atoms with Crippen LogP contribution >= 0.6 is 0 Å². The first-order chi connectivity index (χ1) is 11.2. The number of hydrogen-bond donors (Lipinski definition) is 2. The Hall–Kier alpha value is -2.71. The summed E-state index contributed by atoms with van der Waals surface area (Å²) in [5, 5.41) is 9.53. The van der Waals surface area contributed by atoms with Crippen molar-refractivity contribution in [2.45, 2.75) is 26.4 Å². The summed E-state index contributed by atoms with van der Waals surface area (Å²) in [5.74, 6) is -0.00896. The second-order valence-electron chi connectivity index (χ2n) is 6.12. The number of carbonyl (C=O) groups is 1. The number of nitrogens with one attached hydrogen (secondary N) is 2. The maximum atomic E-state index is 13.8. The van der Waals surface area contributed by atoms with Gasteiger partial charge in [0.2, 0.25) is 0 Å². The van der Waals surface area contributed by atoms with E-state index in [-0.39, 0.29) is 12.4 Å². The molecule has 2 aromatic heterocycles. The first-order valence-corrected chi connectivity index (χ1v) is 7.48. The van der Waals surface area contributed by atoms with Crippen molar-refractivity contribution in [1.82, 2.24) is 25.1 Å². The lowest BCUT2D eigenvalue weighted by Crippen LogP contribution is -2.35. The lowest BCUT2D eigenvalue weighted by molar-refractivity contribution is 0.0530. The summed E-state index contributed by atoms with van der Waals surface area (Å²) in [7, 11) is 1.74. The highest BCUT2D eigenvalue weighted by Crippen LogP contribution is 2.17. The number of aromatic nitrogens is 4. The van der Waals surface area contributed by atoms with E-state index in [9.17, 15) is 9.18 Å². The molecule has 0 aliphatic carbocycles. The normalized spacial score (nSPS) is 11.2. The van der Waals surface area contributed by atoms with Gasteiger partial charge in [0.25, 0.3) is 0 Å². The average Bonchev–Trinajstić information content (AvgIpc) is 2.90. The Kier molecular flexibility index (Phi) is 5.32. The van der Waals surface area contributed by atoms with Crippen LogP contribution in [0.25, 0.3) is 11.5 Å². The summed E-state index contributed by atoms with van der Waals surface area (Å²) in [4.78, 5) is 19.7. The lowest BCUT2D eigenvalue weighted by atomic mass is 10.2. The zero-order valence-corrected chi connectivity index (χ0v) is 14.1. The summed E-state index contributed by atoms with van der Waals surface area (Å²) in [6.07, 6.45) is 1.02. The van der Waals surface area contributed by atoms with Gasteiger partial charge in [-0.1, -0.05) is 0 Å². The Balaban J connectivity index is 1.90. The van der Waals surface area contributed by atoms with E-state index < -0.39 is 17.5 Å². The summed E-state index contributed by atoms with van der Waals surface area (Å²) in [6.45, 7) is 5.90. The third-order valence-corrected chi connectivity index (χ3v) is 2.76. The number of ether oxygens (including phenoxy) is 1. The van der Waals surface area contributed by atoms with Crippen LogP contribution in [0.2, 0.25) is 0 Å². The van der Waals surface area contributed by atoms with E-state index in [1.54, 1.807) is 27.8 Å². The number of alkyl carbamates (subject to hydrolysis) is 1. The maximum Gasteiger partial charge on any atom is 0.407 e. The number of halogens is 1. The van der Waals surface area contributed by atoms with Gasteiger partial charge in [-0.15, -0.1) is 5.10 Å².